The van der Waals surface area contributed by atoms with E-state index >= 15 is 0 Å². The summed E-state index contributed by atoms with van der Waals surface area (Å²) >= 11 is 0. The molecule has 0 atom stereocenters. The Bertz CT molecular complexity index is 59.1. The second-order valence-corrected chi connectivity index (χ2v) is 4.08. The van der Waals surface area contributed by atoms with Crippen molar-refractivity contribution < 1.29 is 0 Å². The second-order valence-electron chi connectivity index (χ2n) is 1.19. The third-order valence-electron chi connectivity index (χ3n) is 0.319. The number of allylic oxidation sites excluding steroid dienone is 1. The summed E-state index contributed by atoms with van der Waals surface area (Å²) in [6.07, 6.45) is 0. The first-order valence-electron chi connectivity index (χ1n) is 2.22. The summed E-state index contributed by atoms with van der Waals surface area (Å²) < 4.78 is 0. The minimum Gasteiger partial charge on any atom is -0.0896 e. The van der Waals surface area contributed by atoms with Gasteiger partial charge in [-0.05, 0) is 11.8 Å². The van der Waals surface area contributed by atoms with Crippen molar-refractivity contribution in [2.75, 3.05) is 5.75 Å². The van der Waals surface area contributed by atoms with Crippen LogP contribution in [0.15, 0.2) is 11.5 Å². The smallest absolute Gasteiger partial charge is 0.00118 e. The van der Waals surface area contributed by atoms with E-state index in [1.54, 1.807) is 10.8 Å². The van der Waals surface area contributed by atoms with Crippen LogP contribution in [0.25, 0.3) is 0 Å². The molecule has 0 fully saturated rings. The van der Waals surface area contributed by atoms with Gasteiger partial charge in [-0.15, -0.1) is 0 Å². The highest BCUT2D eigenvalue weighted by molar-refractivity contribution is 8.78. The van der Waals surface area contributed by atoms with E-state index in [0.29, 0.717) is 0 Å². The van der Waals surface area contributed by atoms with Crippen molar-refractivity contribution in [1.82, 2.24) is 0 Å². The van der Waals surface area contributed by atoms with E-state index in [0.717, 1.165) is 5.75 Å². The molecule has 0 aromatic rings. The van der Waals surface area contributed by atoms with Crippen molar-refractivity contribution in [2.24, 2.45) is 0 Å². The Balaban J connectivity index is 2.82. The van der Waals surface area contributed by atoms with Gasteiger partial charge in [0, 0.05) is 5.75 Å². The molecule has 0 amide bonds. The second kappa shape index (κ2) is 4.60. The molecule has 0 rings (SSSR count). The molecule has 7 heavy (non-hydrogen) atoms. The van der Waals surface area contributed by atoms with E-state index < -0.39 is 0 Å². The molecule has 0 spiro atoms. The van der Waals surface area contributed by atoms with Gasteiger partial charge in [-0.1, -0.05) is 35.1 Å². The lowest BCUT2D eigenvalue weighted by atomic mass is 10.8. The van der Waals surface area contributed by atoms with Crippen molar-refractivity contribution in [1.29, 1.82) is 0 Å². The molecule has 0 N–H and O–H groups in total. The monoisotopic (exact) mass is 134 g/mol. The largest absolute Gasteiger partial charge is 0.0896 e. The van der Waals surface area contributed by atoms with Crippen LogP contribution in [-0.2, 0) is 0 Å². The van der Waals surface area contributed by atoms with Gasteiger partial charge in [-0.3, -0.25) is 0 Å². The molecule has 0 unspecified atom stereocenters. The SMILES string of the molecule is C=C(C)SSCC. The first-order chi connectivity index (χ1) is 3.27. The lowest BCUT2D eigenvalue weighted by molar-refractivity contribution is 1.54. The van der Waals surface area contributed by atoms with Crippen LogP contribution in [0.5, 0.6) is 0 Å². The van der Waals surface area contributed by atoms with Gasteiger partial charge in [-0.2, -0.15) is 0 Å². The molecule has 0 bridgehead atoms. The van der Waals surface area contributed by atoms with Crippen molar-refractivity contribution in [3.05, 3.63) is 11.5 Å². The Kier molecular flexibility index (Phi) is 4.88. The van der Waals surface area contributed by atoms with E-state index in [4.69, 9.17) is 0 Å². The Morgan fingerprint density at radius 1 is 1.71 bits per heavy atom. The maximum absolute atomic E-state index is 3.73. The zero-order chi connectivity index (χ0) is 5.70. The Hall–Kier alpha value is 0.440. The number of hydrogen-bond acceptors (Lipinski definition) is 2. The van der Waals surface area contributed by atoms with E-state index in [2.05, 4.69) is 13.5 Å². The van der Waals surface area contributed by atoms with E-state index in [-0.39, 0.29) is 0 Å². The van der Waals surface area contributed by atoms with Crippen molar-refractivity contribution >= 4 is 21.6 Å². The van der Waals surface area contributed by atoms with Crippen molar-refractivity contribution in [2.45, 2.75) is 13.8 Å². The van der Waals surface area contributed by atoms with Crippen LogP contribution in [0, 0.1) is 0 Å². The molecule has 0 radical (unpaired) electrons. The molecular formula is C5H10S2. The molecule has 0 saturated carbocycles. The Labute approximate surface area is 53.2 Å². The summed E-state index contributed by atoms with van der Waals surface area (Å²) in [5.74, 6) is 1.16. The fourth-order valence-electron chi connectivity index (χ4n) is 0.160. The molecule has 0 saturated heterocycles. The molecule has 0 aromatic carbocycles. The zero-order valence-electron chi connectivity index (χ0n) is 4.73. The van der Waals surface area contributed by atoms with Gasteiger partial charge in [0.05, 0.1) is 0 Å². The first-order valence-corrected chi connectivity index (χ1v) is 4.54. The van der Waals surface area contributed by atoms with Crippen molar-refractivity contribution in [3.8, 4) is 0 Å². The summed E-state index contributed by atoms with van der Waals surface area (Å²) in [4.78, 5) is 1.19. The minimum absolute atomic E-state index is 1.16. The number of rotatable bonds is 3. The predicted octanol–water partition coefficient (Wildman–Crippen LogP) is 2.92. The summed E-state index contributed by atoms with van der Waals surface area (Å²) in [5, 5.41) is 0. The van der Waals surface area contributed by atoms with Gasteiger partial charge in [-0.25, -0.2) is 0 Å². The van der Waals surface area contributed by atoms with Gasteiger partial charge in [0.1, 0.15) is 0 Å². The highest BCUT2D eigenvalue weighted by Gasteiger charge is 1.81. The van der Waals surface area contributed by atoms with Crippen LogP contribution in [-0.4, -0.2) is 5.75 Å². The highest BCUT2D eigenvalue weighted by Crippen LogP contribution is 2.26. The van der Waals surface area contributed by atoms with Crippen LogP contribution >= 0.6 is 21.6 Å². The molecule has 0 aromatic heterocycles. The summed E-state index contributed by atoms with van der Waals surface area (Å²) in [7, 11) is 3.59. The van der Waals surface area contributed by atoms with Gasteiger partial charge < -0.3 is 0 Å². The third kappa shape index (κ3) is 6.44. The van der Waals surface area contributed by atoms with Gasteiger partial charge >= 0.3 is 0 Å². The topological polar surface area (TPSA) is 0 Å². The highest BCUT2D eigenvalue weighted by atomic mass is 33.1. The van der Waals surface area contributed by atoms with Crippen molar-refractivity contribution in [3.63, 3.8) is 0 Å². The molecule has 0 aliphatic heterocycles. The quantitative estimate of drug-likeness (QED) is 0.544. The Morgan fingerprint density at radius 3 is 2.43 bits per heavy atom. The van der Waals surface area contributed by atoms with Crippen LogP contribution in [0.3, 0.4) is 0 Å². The standard InChI is InChI=1S/C5H10S2/c1-4-6-7-5(2)3/h2,4H2,1,3H3. The average molecular weight is 134 g/mol. The molecule has 42 valence electrons. The third-order valence-corrected chi connectivity index (χ3v) is 2.87. The molecule has 0 aliphatic rings. The fraction of sp³-hybridized carbons (Fsp3) is 0.600. The van der Waals surface area contributed by atoms with Gasteiger partial charge in [0.15, 0.2) is 0 Å². The van der Waals surface area contributed by atoms with E-state index in [1.165, 1.54) is 4.91 Å². The van der Waals surface area contributed by atoms with Gasteiger partial charge in [0.25, 0.3) is 0 Å². The first kappa shape index (κ1) is 7.44. The van der Waals surface area contributed by atoms with E-state index in [9.17, 15) is 0 Å². The van der Waals surface area contributed by atoms with Crippen LogP contribution < -0.4 is 0 Å². The summed E-state index contributed by atoms with van der Waals surface area (Å²) in [6.45, 7) is 7.90. The van der Waals surface area contributed by atoms with E-state index in [1.807, 2.05) is 17.7 Å². The molecule has 0 aliphatic carbocycles. The molecule has 2 heteroatoms. The maximum atomic E-state index is 3.73. The summed E-state index contributed by atoms with van der Waals surface area (Å²) in [6, 6.07) is 0. The minimum atomic E-state index is 1.16. The summed E-state index contributed by atoms with van der Waals surface area (Å²) in [5.41, 5.74) is 0. The van der Waals surface area contributed by atoms with Gasteiger partial charge in [0.2, 0.25) is 0 Å². The lowest BCUT2D eigenvalue weighted by Gasteiger charge is -1.91. The molecule has 0 nitrogen and oxygen atoms in total. The number of hydrogen-bond donors (Lipinski definition) is 0. The molecular weight excluding hydrogens is 124 g/mol. The predicted molar refractivity (Wildman–Crippen MR) is 40.5 cm³/mol. The maximum Gasteiger partial charge on any atom is 0.00118 e. The van der Waals surface area contributed by atoms with Crippen LogP contribution in [0.2, 0.25) is 0 Å². The Morgan fingerprint density at radius 2 is 2.29 bits per heavy atom. The average Bonchev–Trinajstić information content (AvgIpc) is 1.61. The lowest BCUT2D eigenvalue weighted by Crippen LogP contribution is -1.57. The van der Waals surface area contributed by atoms with Crippen LogP contribution in [0.4, 0.5) is 0 Å². The normalized spacial score (nSPS) is 8.86. The zero-order valence-corrected chi connectivity index (χ0v) is 6.36. The van der Waals surface area contributed by atoms with Crippen LogP contribution in [0.1, 0.15) is 13.8 Å². The fourth-order valence-corrected chi connectivity index (χ4v) is 1.44. The molecule has 0 heterocycles.